The first-order chi connectivity index (χ1) is 9.97. The smallest absolute Gasteiger partial charge is 0.198 e. The van der Waals surface area contributed by atoms with Gasteiger partial charge in [-0.15, -0.1) is 0 Å². The van der Waals surface area contributed by atoms with Gasteiger partial charge in [-0.05, 0) is 39.5 Å². The Morgan fingerprint density at radius 2 is 1.95 bits per heavy atom. The molecule has 0 atom stereocenters. The minimum atomic E-state index is 0.115. The molecule has 0 bridgehead atoms. The molecule has 21 heavy (non-hydrogen) atoms. The van der Waals surface area contributed by atoms with Gasteiger partial charge in [-0.3, -0.25) is 4.90 Å². The first-order valence-corrected chi connectivity index (χ1v) is 8.28. The van der Waals surface area contributed by atoms with Gasteiger partial charge in [-0.25, -0.2) is 0 Å². The second kappa shape index (κ2) is 7.29. The fourth-order valence-electron chi connectivity index (χ4n) is 2.35. The predicted octanol–water partition coefficient (Wildman–Crippen LogP) is 1.20. The van der Waals surface area contributed by atoms with Crippen molar-refractivity contribution in [3.63, 3.8) is 0 Å². The second-order valence-corrected chi connectivity index (χ2v) is 6.75. The van der Waals surface area contributed by atoms with Gasteiger partial charge in [0, 0.05) is 39.3 Å². The third kappa shape index (κ3) is 4.46. The molecule has 0 amide bonds. The zero-order valence-corrected chi connectivity index (χ0v) is 14.3. The minimum absolute atomic E-state index is 0.115. The van der Waals surface area contributed by atoms with Crippen molar-refractivity contribution < 1.29 is 4.74 Å². The Bertz CT molecular complexity index is 441. The number of ether oxygens (including phenoxy) is 1. The quantitative estimate of drug-likeness (QED) is 0.851. The van der Waals surface area contributed by atoms with Crippen molar-refractivity contribution in [2.45, 2.75) is 20.0 Å². The number of nitrogens with zero attached hydrogens (tertiary/aromatic N) is 4. The summed E-state index contributed by atoms with van der Waals surface area (Å²) in [5, 5.41) is 1.08. The molecule has 0 unspecified atom stereocenters. The van der Waals surface area contributed by atoms with Crippen molar-refractivity contribution in [1.29, 1.82) is 0 Å². The minimum Gasteiger partial charge on any atom is -0.484 e. The SMILES string of the molecule is CC(C)Oc1c(N)nsc1N1CCN(CCN(C)C)CC1. The summed E-state index contributed by atoms with van der Waals surface area (Å²) in [5.41, 5.74) is 5.94. The van der Waals surface area contributed by atoms with E-state index in [2.05, 4.69) is 33.2 Å². The van der Waals surface area contributed by atoms with Crippen LogP contribution in [-0.4, -0.2) is 73.6 Å². The van der Waals surface area contributed by atoms with Crippen LogP contribution >= 0.6 is 11.5 Å². The van der Waals surface area contributed by atoms with E-state index >= 15 is 0 Å². The van der Waals surface area contributed by atoms with Crippen LogP contribution in [0.5, 0.6) is 5.75 Å². The molecule has 0 saturated carbocycles. The summed E-state index contributed by atoms with van der Waals surface area (Å²) in [6.45, 7) is 10.4. The molecule has 0 radical (unpaired) electrons. The van der Waals surface area contributed by atoms with Gasteiger partial charge in [0.15, 0.2) is 16.6 Å². The topological polar surface area (TPSA) is 57.9 Å². The van der Waals surface area contributed by atoms with E-state index in [0.29, 0.717) is 5.82 Å². The Morgan fingerprint density at radius 1 is 1.29 bits per heavy atom. The monoisotopic (exact) mass is 313 g/mol. The average molecular weight is 313 g/mol. The molecule has 2 heterocycles. The van der Waals surface area contributed by atoms with Crippen LogP contribution in [0.4, 0.5) is 10.8 Å². The van der Waals surface area contributed by atoms with Crippen LogP contribution in [0, 0.1) is 0 Å². The Labute approximate surface area is 131 Å². The zero-order chi connectivity index (χ0) is 15.4. The Balaban J connectivity index is 1.93. The fraction of sp³-hybridized carbons (Fsp3) is 0.786. The van der Waals surface area contributed by atoms with Gasteiger partial charge in [-0.1, -0.05) is 0 Å². The second-order valence-electron chi connectivity index (χ2n) is 6.00. The van der Waals surface area contributed by atoms with Crippen molar-refractivity contribution >= 4 is 22.4 Å². The predicted molar refractivity (Wildman–Crippen MR) is 89.5 cm³/mol. The lowest BCUT2D eigenvalue weighted by Gasteiger charge is -2.35. The van der Waals surface area contributed by atoms with Gasteiger partial charge in [0.25, 0.3) is 0 Å². The highest BCUT2D eigenvalue weighted by atomic mass is 32.1. The van der Waals surface area contributed by atoms with Crippen LogP contribution in [0.3, 0.4) is 0 Å². The van der Waals surface area contributed by atoms with Crippen LogP contribution in [0.15, 0.2) is 0 Å². The lowest BCUT2D eigenvalue weighted by atomic mass is 10.3. The van der Waals surface area contributed by atoms with E-state index in [-0.39, 0.29) is 6.10 Å². The number of anilines is 2. The third-order valence-electron chi connectivity index (χ3n) is 3.53. The number of nitrogen functional groups attached to an aromatic ring is 1. The molecular weight excluding hydrogens is 286 g/mol. The fourth-order valence-corrected chi connectivity index (χ4v) is 3.15. The molecule has 1 aliphatic heterocycles. The molecule has 1 aromatic rings. The normalized spacial score (nSPS) is 17.0. The van der Waals surface area contributed by atoms with Crippen molar-refractivity contribution in [3.05, 3.63) is 0 Å². The molecule has 2 N–H and O–H groups in total. The van der Waals surface area contributed by atoms with Crippen molar-refractivity contribution in [2.24, 2.45) is 0 Å². The van der Waals surface area contributed by atoms with Gasteiger partial charge >= 0.3 is 0 Å². The summed E-state index contributed by atoms with van der Waals surface area (Å²) in [5.74, 6) is 1.27. The van der Waals surface area contributed by atoms with E-state index in [9.17, 15) is 0 Å². The van der Waals surface area contributed by atoms with Crippen molar-refractivity contribution in [2.75, 3.05) is 64.0 Å². The molecular formula is C14H27N5OS. The molecule has 1 aliphatic rings. The van der Waals surface area contributed by atoms with Crippen LogP contribution in [0.1, 0.15) is 13.8 Å². The van der Waals surface area contributed by atoms with Crippen LogP contribution in [0.2, 0.25) is 0 Å². The molecule has 0 spiro atoms. The summed E-state index contributed by atoms with van der Waals surface area (Å²) in [6, 6.07) is 0. The number of hydrogen-bond donors (Lipinski definition) is 1. The van der Waals surface area contributed by atoms with Crippen LogP contribution in [-0.2, 0) is 0 Å². The number of piperazine rings is 1. The number of likely N-dealkylation sites (N-methyl/N-ethyl adjacent to an activating group) is 1. The summed E-state index contributed by atoms with van der Waals surface area (Å²) >= 11 is 1.44. The maximum Gasteiger partial charge on any atom is 0.198 e. The molecule has 2 rings (SSSR count). The number of nitrogens with two attached hydrogens (primary N) is 1. The third-order valence-corrected chi connectivity index (χ3v) is 4.44. The van der Waals surface area contributed by atoms with E-state index in [0.717, 1.165) is 50.0 Å². The Kier molecular flexibility index (Phi) is 5.66. The standard InChI is InChI=1S/C14H27N5OS/c1-11(2)20-12-13(15)16-21-14(12)19-9-7-18(8-10-19)6-5-17(3)4/h11H,5-10H2,1-4H3,(H2,15,16). The molecule has 1 saturated heterocycles. The number of hydrogen-bond acceptors (Lipinski definition) is 7. The maximum absolute atomic E-state index is 5.94. The summed E-state index contributed by atoms with van der Waals surface area (Å²) in [6.07, 6.45) is 0.115. The Hall–Kier alpha value is -1.05. The molecule has 1 aromatic heterocycles. The van der Waals surface area contributed by atoms with Gasteiger partial charge < -0.3 is 20.3 Å². The van der Waals surface area contributed by atoms with E-state index in [4.69, 9.17) is 10.5 Å². The van der Waals surface area contributed by atoms with Gasteiger partial charge in [-0.2, -0.15) is 4.37 Å². The average Bonchev–Trinajstić information content (AvgIpc) is 2.78. The Morgan fingerprint density at radius 3 is 2.52 bits per heavy atom. The first kappa shape index (κ1) is 16.3. The van der Waals surface area contributed by atoms with Gasteiger partial charge in [0.1, 0.15) is 0 Å². The van der Waals surface area contributed by atoms with Gasteiger partial charge in [0.2, 0.25) is 0 Å². The van der Waals surface area contributed by atoms with Crippen LogP contribution < -0.4 is 15.4 Å². The highest BCUT2D eigenvalue weighted by molar-refractivity contribution is 7.11. The highest BCUT2D eigenvalue weighted by Crippen LogP contribution is 2.39. The molecule has 0 aromatic carbocycles. The van der Waals surface area contributed by atoms with E-state index < -0.39 is 0 Å². The zero-order valence-electron chi connectivity index (χ0n) is 13.5. The molecule has 7 heteroatoms. The summed E-state index contributed by atoms with van der Waals surface area (Å²) in [4.78, 5) is 7.08. The lowest BCUT2D eigenvalue weighted by molar-refractivity contribution is 0.226. The summed E-state index contributed by atoms with van der Waals surface area (Å²) in [7, 11) is 4.23. The van der Waals surface area contributed by atoms with Crippen molar-refractivity contribution in [1.82, 2.24) is 14.2 Å². The molecule has 1 fully saturated rings. The lowest BCUT2D eigenvalue weighted by Crippen LogP contribution is -2.48. The van der Waals surface area contributed by atoms with Crippen molar-refractivity contribution in [3.8, 4) is 5.75 Å². The molecule has 0 aliphatic carbocycles. The van der Waals surface area contributed by atoms with E-state index in [1.165, 1.54) is 11.5 Å². The molecule has 120 valence electrons. The number of rotatable bonds is 6. The number of aromatic nitrogens is 1. The summed E-state index contributed by atoms with van der Waals surface area (Å²) < 4.78 is 10.1. The first-order valence-electron chi connectivity index (χ1n) is 7.51. The van der Waals surface area contributed by atoms with E-state index in [1.54, 1.807) is 0 Å². The molecule has 6 nitrogen and oxygen atoms in total. The maximum atomic E-state index is 5.94. The van der Waals surface area contributed by atoms with Crippen LogP contribution in [0.25, 0.3) is 0 Å². The van der Waals surface area contributed by atoms with E-state index in [1.807, 2.05) is 13.8 Å². The highest BCUT2D eigenvalue weighted by Gasteiger charge is 2.24. The van der Waals surface area contributed by atoms with Gasteiger partial charge in [0.05, 0.1) is 6.10 Å². The largest absolute Gasteiger partial charge is 0.484 e.